The number of methoxy groups -OCH3 is 1. The molecule has 3 unspecified atom stereocenters. The van der Waals surface area contributed by atoms with Crippen molar-refractivity contribution in [3.8, 4) is 11.5 Å². The second-order valence-electron chi connectivity index (χ2n) is 8.68. The molecular formula is C27H39IN2O8. The van der Waals surface area contributed by atoms with Crippen LogP contribution in [0, 0.1) is 3.57 Å². The Morgan fingerprint density at radius 1 is 1.26 bits per heavy atom. The van der Waals surface area contributed by atoms with E-state index in [1.807, 2.05) is 13.8 Å². The molecule has 0 saturated carbocycles. The van der Waals surface area contributed by atoms with Crippen LogP contribution in [0.5, 0.6) is 11.5 Å². The first-order valence-corrected chi connectivity index (χ1v) is 13.9. The second-order valence-corrected chi connectivity index (χ2v) is 9.84. The monoisotopic (exact) mass is 646 g/mol. The third kappa shape index (κ3) is 8.94. The van der Waals surface area contributed by atoms with E-state index in [1.54, 1.807) is 29.2 Å². The van der Waals surface area contributed by atoms with Gasteiger partial charge in [0.05, 0.1) is 29.9 Å². The number of nitrogens with zero attached hydrogens (tertiary/aromatic N) is 1. The van der Waals surface area contributed by atoms with Gasteiger partial charge in [-0.1, -0.05) is 13.0 Å². The Morgan fingerprint density at radius 2 is 2.03 bits per heavy atom. The number of benzene rings is 1. The van der Waals surface area contributed by atoms with E-state index < -0.39 is 24.2 Å². The summed E-state index contributed by atoms with van der Waals surface area (Å²) in [6, 6.07) is 2.63. The van der Waals surface area contributed by atoms with E-state index in [-0.39, 0.29) is 32.1 Å². The number of allylic oxidation sites excluding steroid dienone is 1. The van der Waals surface area contributed by atoms with Gasteiger partial charge in [0.15, 0.2) is 11.5 Å². The summed E-state index contributed by atoms with van der Waals surface area (Å²) in [4.78, 5) is 27.7. The minimum absolute atomic E-state index is 0.0689. The Kier molecular flexibility index (Phi) is 14.1. The van der Waals surface area contributed by atoms with Crippen LogP contribution in [0.2, 0.25) is 0 Å². The first-order valence-electron chi connectivity index (χ1n) is 12.8. The van der Waals surface area contributed by atoms with Crippen LogP contribution in [-0.4, -0.2) is 90.3 Å². The van der Waals surface area contributed by atoms with E-state index in [0.29, 0.717) is 58.8 Å². The lowest BCUT2D eigenvalue weighted by atomic mass is 9.88. The number of carbonyl (C=O) groups excluding carboxylic acids is 2. The molecule has 1 aliphatic carbocycles. The fraction of sp³-hybridized carbons (Fsp3) is 0.556. The van der Waals surface area contributed by atoms with Gasteiger partial charge >= 0.3 is 0 Å². The van der Waals surface area contributed by atoms with E-state index >= 15 is 0 Å². The van der Waals surface area contributed by atoms with Gasteiger partial charge in [0, 0.05) is 38.3 Å². The lowest BCUT2D eigenvalue weighted by molar-refractivity contribution is -0.133. The minimum atomic E-state index is -1.16. The highest BCUT2D eigenvalue weighted by atomic mass is 127. The van der Waals surface area contributed by atoms with Gasteiger partial charge in [-0.2, -0.15) is 0 Å². The summed E-state index contributed by atoms with van der Waals surface area (Å²) >= 11 is 2.06. The number of hydrogen-bond acceptors (Lipinski definition) is 8. The average Bonchev–Trinajstić information content (AvgIpc) is 2.92. The van der Waals surface area contributed by atoms with E-state index in [0.717, 1.165) is 0 Å². The standard InChI is InChI=1S/C27H39IN2O8/c1-4-6-8-24(33)30(10-7-12-37-5-2)21-15-19(27(35)29-9-11-31)16-22(25(21)34)38-26-20(28)13-18(17-32)14-23(26)36-3/h6,8,13-14,16,21-22,25,31-32,34H,4-5,7,9-12,15,17H2,1-3H3,(H,29,35). The molecule has 0 aromatic heterocycles. The van der Waals surface area contributed by atoms with Crippen molar-refractivity contribution in [2.24, 2.45) is 0 Å². The fourth-order valence-electron chi connectivity index (χ4n) is 4.13. The first-order chi connectivity index (χ1) is 18.3. The summed E-state index contributed by atoms with van der Waals surface area (Å²) in [7, 11) is 1.47. The first kappa shape index (κ1) is 32.0. The molecule has 11 heteroatoms. The molecule has 3 atom stereocenters. The van der Waals surface area contributed by atoms with Gasteiger partial charge in [0.1, 0.15) is 12.2 Å². The number of ether oxygens (including phenoxy) is 3. The van der Waals surface area contributed by atoms with E-state index in [2.05, 4.69) is 27.9 Å². The molecule has 10 nitrogen and oxygen atoms in total. The number of rotatable bonds is 15. The van der Waals surface area contributed by atoms with Gasteiger partial charge < -0.3 is 39.7 Å². The number of amides is 2. The Bertz CT molecular complexity index is 984. The van der Waals surface area contributed by atoms with Crippen molar-refractivity contribution in [3.63, 3.8) is 0 Å². The topological polar surface area (TPSA) is 138 Å². The summed E-state index contributed by atoms with van der Waals surface area (Å²) in [6.45, 7) is 4.81. The lowest BCUT2D eigenvalue weighted by Crippen LogP contribution is -2.55. The molecule has 0 saturated heterocycles. The highest BCUT2D eigenvalue weighted by Gasteiger charge is 2.40. The molecule has 1 aliphatic rings. The Balaban J connectivity index is 2.47. The smallest absolute Gasteiger partial charge is 0.247 e. The van der Waals surface area contributed by atoms with Crippen LogP contribution in [0.1, 0.15) is 38.7 Å². The van der Waals surface area contributed by atoms with Crippen molar-refractivity contribution >= 4 is 34.4 Å². The van der Waals surface area contributed by atoms with Crippen molar-refractivity contribution in [1.29, 1.82) is 0 Å². The van der Waals surface area contributed by atoms with Gasteiger partial charge in [0.2, 0.25) is 11.8 Å². The Morgan fingerprint density at radius 3 is 2.66 bits per heavy atom. The SMILES string of the molecule is CCC=CC(=O)N(CCCOCC)C1CC(C(=O)NCCO)=CC(Oc2c(I)cc(CO)cc2OC)C1O. The van der Waals surface area contributed by atoms with Crippen LogP contribution in [0.4, 0.5) is 0 Å². The van der Waals surface area contributed by atoms with Crippen LogP contribution < -0.4 is 14.8 Å². The summed E-state index contributed by atoms with van der Waals surface area (Å²) in [6.07, 6.45) is 3.97. The molecule has 1 aromatic carbocycles. The van der Waals surface area contributed by atoms with Crippen molar-refractivity contribution in [2.45, 2.75) is 58.0 Å². The third-order valence-electron chi connectivity index (χ3n) is 6.01. The van der Waals surface area contributed by atoms with Gasteiger partial charge in [-0.3, -0.25) is 9.59 Å². The van der Waals surface area contributed by atoms with Crippen LogP contribution in [-0.2, 0) is 20.9 Å². The molecule has 212 valence electrons. The fourth-order valence-corrected chi connectivity index (χ4v) is 4.92. The van der Waals surface area contributed by atoms with Crippen molar-refractivity contribution in [3.05, 3.63) is 45.1 Å². The second kappa shape index (κ2) is 16.7. The summed E-state index contributed by atoms with van der Waals surface area (Å²) in [5.41, 5.74) is 0.968. The zero-order valence-electron chi connectivity index (χ0n) is 22.2. The summed E-state index contributed by atoms with van der Waals surface area (Å²) in [5.74, 6) is 0.0298. The molecule has 38 heavy (non-hydrogen) atoms. The number of halogens is 1. The molecule has 2 rings (SSSR count). The van der Waals surface area contributed by atoms with Crippen molar-refractivity contribution in [1.82, 2.24) is 10.2 Å². The molecule has 0 aliphatic heterocycles. The van der Waals surface area contributed by atoms with Crippen molar-refractivity contribution in [2.75, 3.05) is 40.0 Å². The highest BCUT2D eigenvalue weighted by molar-refractivity contribution is 14.1. The van der Waals surface area contributed by atoms with Crippen LogP contribution in [0.15, 0.2) is 35.9 Å². The quantitative estimate of drug-likeness (QED) is 0.129. The van der Waals surface area contributed by atoms with Crippen molar-refractivity contribution < 1.29 is 39.1 Å². The maximum atomic E-state index is 13.2. The molecule has 0 spiro atoms. The molecule has 0 radical (unpaired) electrons. The summed E-state index contributed by atoms with van der Waals surface area (Å²) in [5, 5.41) is 32.9. The largest absolute Gasteiger partial charge is 0.493 e. The molecule has 2 amide bonds. The van der Waals surface area contributed by atoms with E-state index in [4.69, 9.17) is 19.3 Å². The summed E-state index contributed by atoms with van der Waals surface area (Å²) < 4.78 is 17.8. The highest BCUT2D eigenvalue weighted by Crippen LogP contribution is 2.37. The molecular weight excluding hydrogens is 607 g/mol. The molecule has 0 heterocycles. The maximum Gasteiger partial charge on any atom is 0.247 e. The predicted molar refractivity (Wildman–Crippen MR) is 151 cm³/mol. The third-order valence-corrected chi connectivity index (χ3v) is 6.81. The van der Waals surface area contributed by atoms with Gasteiger partial charge in [-0.25, -0.2) is 0 Å². The Hall–Kier alpha value is -2.19. The van der Waals surface area contributed by atoms with Gasteiger partial charge in [-0.15, -0.1) is 0 Å². The maximum absolute atomic E-state index is 13.2. The average molecular weight is 647 g/mol. The van der Waals surface area contributed by atoms with Gasteiger partial charge in [0.25, 0.3) is 0 Å². The zero-order valence-corrected chi connectivity index (χ0v) is 24.3. The van der Waals surface area contributed by atoms with Crippen LogP contribution >= 0.6 is 22.6 Å². The van der Waals surface area contributed by atoms with Gasteiger partial charge in [-0.05, 0) is 72.2 Å². The number of nitrogens with one attached hydrogen (secondary N) is 1. The molecule has 4 N–H and O–H groups in total. The lowest BCUT2D eigenvalue weighted by Gasteiger charge is -2.40. The predicted octanol–water partition coefficient (Wildman–Crippen LogP) is 1.93. The number of aliphatic hydroxyl groups excluding tert-OH is 3. The zero-order chi connectivity index (χ0) is 28.1. The van der Waals surface area contributed by atoms with Crippen LogP contribution in [0.25, 0.3) is 0 Å². The number of hydrogen-bond donors (Lipinski definition) is 4. The van der Waals surface area contributed by atoms with E-state index in [1.165, 1.54) is 13.2 Å². The molecule has 0 bridgehead atoms. The normalized spacial score (nSPS) is 19.2. The Labute approximate surface area is 237 Å². The number of aliphatic hydroxyl groups is 3. The van der Waals surface area contributed by atoms with Crippen LogP contribution in [0.3, 0.4) is 0 Å². The van der Waals surface area contributed by atoms with E-state index in [9.17, 15) is 19.8 Å². The molecule has 1 aromatic rings. The number of carbonyl (C=O) groups is 2. The minimum Gasteiger partial charge on any atom is -0.493 e. The molecule has 0 fully saturated rings.